The van der Waals surface area contributed by atoms with Gasteiger partial charge in [-0.3, -0.25) is 19.5 Å². The number of morpholine rings is 1. The van der Waals surface area contributed by atoms with E-state index < -0.39 is 0 Å². The molecule has 3 heterocycles. The van der Waals surface area contributed by atoms with Gasteiger partial charge in [-0.15, -0.1) is 0 Å². The van der Waals surface area contributed by atoms with Crippen molar-refractivity contribution in [2.45, 2.75) is 18.9 Å². The standard InChI is InChI=1S/C18H26N4O4/c23-17(21-13-15-2-1-9-26-15)14-3-4-19-16(12-14)18(24)20-5-6-22-7-10-25-11-8-22/h3-4,12,15H,1-2,5-11,13H2,(H,20,24)(H,21,23). The molecule has 1 aromatic rings. The van der Waals surface area contributed by atoms with Crippen LogP contribution in [0, 0.1) is 0 Å². The van der Waals surface area contributed by atoms with E-state index in [9.17, 15) is 9.59 Å². The number of nitrogens with one attached hydrogen (secondary N) is 2. The Kier molecular flexibility index (Phi) is 6.93. The zero-order chi connectivity index (χ0) is 18.2. The molecule has 2 amide bonds. The molecule has 3 rings (SSSR count). The summed E-state index contributed by atoms with van der Waals surface area (Å²) in [4.78, 5) is 30.8. The fourth-order valence-corrected chi connectivity index (χ4v) is 3.05. The fourth-order valence-electron chi connectivity index (χ4n) is 3.05. The van der Waals surface area contributed by atoms with Crippen LogP contribution in [0.5, 0.6) is 0 Å². The van der Waals surface area contributed by atoms with Crippen molar-refractivity contribution in [3.63, 3.8) is 0 Å². The number of pyridine rings is 1. The van der Waals surface area contributed by atoms with E-state index in [1.54, 1.807) is 6.07 Å². The third kappa shape index (κ3) is 5.48. The predicted octanol–water partition coefficient (Wildman–Crippen LogP) is 0.0524. The van der Waals surface area contributed by atoms with Gasteiger partial charge in [-0.25, -0.2) is 0 Å². The number of ether oxygens (including phenoxy) is 2. The molecule has 0 radical (unpaired) electrons. The summed E-state index contributed by atoms with van der Waals surface area (Å²) >= 11 is 0. The molecule has 1 aromatic heterocycles. The van der Waals surface area contributed by atoms with Gasteiger partial charge in [0.1, 0.15) is 5.69 Å². The molecule has 26 heavy (non-hydrogen) atoms. The summed E-state index contributed by atoms with van der Waals surface area (Å²) in [5, 5.41) is 5.70. The summed E-state index contributed by atoms with van der Waals surface area (Å²) in [6.45, 7) is 5.79. The van der Waals surface area contributed by atoms with E-state index in [-0.39, 0.29) is 23.6 Å². The SMILES string of the molecule is O=C(NCC1CCCO1)c1ccnc(C(=O)NCCN2CCOCC2)c1. The van der Waals surface area contributed by atoms with E-state index in [4.69, 9.17) is 9.47 Å². The lowest BCUT2D eigenvalue weighted by molar-refractivity contribution is 0.0383. The number of amides is 2. The van der Waals surface area contributed by atoms with Crippen LogP contribution in [0.2, 0.25) is 0 Å². The van der Waals surface area contributed by atoms with Gasteiger partial charge in [0.05, 0.1) is 19.3 Å². The molecule has 0 aliphatic carbocycles. The molecular formula is C18H26N4O4. The monoisotopic (exact) mass is 362 g/mol. The lowest BCUT2D eigenvalue weighted by atomic mass is 10.2. The average molecular weight is 362 g/mol. The zero-order valence-electron chi connectivity index (χ0n) is 14.9. The maximum Gasteiger partial charge on any atom is 0.269 e. The van der Waals surface area contributed by atoms with Crippen LogP contribution < -0.4 is 10.6 Å². The van der Waals surface area contributed by atoms with Crippen molar-refractivity contribution in [1.82, 2.24) is 20.5 Å². The molecule has 8 nitrogen and oxygen atoms in total. The van der Waals surface area contributed by atoms with Crippen LogP contribution >= 0.6 is 0 Å². The van der Waals surface area contributed by atoms with Crippen molar-refractivity contribution in [1.29, 1.82) is 0 Å². The second-order valence-electron chi connectivity index (χ2n) is 6.48. The van der Waals surface area contributed by atoms with E-state index in [2.05, 4.69) is 20.5 Å². The van der Waals surface area contributed by atoms with Gasteiger partial charge in [-0.1, -0.05) is 0 Å². The fraction of sp³-hybridized carbons (Fsp3) is 0.611. The highest BCUT2D eigenvalue weighted by atomic mass is 16.5. The Morgan fingerprint density at radius 2 is 2.04 bits per heavy atom. The van der Waals surface area contributed by atoms with Crippen LogP contribution in [0.4, 0.5) is 0 Å². The van der Waals surface area contributed by atoms with Crippen molar-refractivity contribution in [2.75, 3.05) is 52.5 Å². The number of aromatic nitrogens is 1. The first-order chi connectivity index (χ1) is 12.7. The van der Waals surface area contributed by atoms with Gasteiger partial charge in [0.25, 0.3) is 11.8 Å². The van der Waals surface area contributed by atoms with Crippen molar-refractivity contribution in [3.8, 4) is 0 Å². The minimum Gasteiger partial charge on any atom is -0.379 e. The van der Waals surface area contributed by atoms with E-state index >= 15 is 0 Å². The number of hydrogen-bond acceptors (Lipinski definition) is 6. The van der Waals surface area contributed by atoms with Crippen LogP contribution in [0.25, 0.3) is 0 Å². The molecule has 1 atom stereocenters. The molecule has 1 unspecified atom stereocenters. The molecule has 2 N–H and O–H groups in total. The molecule has 8 heteroatoms. The molecule has 142 valence electrons. The molecule has 2 fully saturated rings. The second kappa shape index (κ2) is 9.61. The minimum atomic E-state index is -0.271. The molecule has 2 saturated heterocycles. The van der Waals surface area contributed by atoms with Crippen molar-refractivity contribution in [3.05, 3.63) is 29.6 Å². The first-order valence-corrected chi connectivity index (χ1v) is 9.16. The topological polar surface area (TPSA) is 92.8 Å². The predicted molar refractivity (Wildman–Crippen MR) is 95.1 cm³/mol. The summed E-state index contributed by atoms with van der Waals surface area (Å²) in [6, 6.07) is 3.13. The smallest absolute Gasteiger partial charge is 0.269 e. The van der Waals surface area contributed by atoms with Crippen molar-refractivity contribution >= 4 is 11.8 Å². The van der Waals surface area contributed by atoms with Crippen LogP contribution in [0.3, 0.4) is 0 Å². The summed E-state index contributed by atoms with van der Waals surface area (Å²) in [5.41, 5.74) is 0.674. The van der Waals surface area contributed by atoms with Gasteiger partial charge in [0, 0.05) is 51.1 Å². The summed E-state index contributed by atoms with van der Waals surface area (Å²) in [5.74, 6) is -0.489. The first kappa shape index (κ1) is 18.8. The van der Waals surface area contributed by atoms with E-state index in [1.807, 2.05) is 0 Å². The lowest BCUT2D eigenvalue weighted by Crippen LogP contribution is -2.41. The number of carbonyl (C=O) groups excluding carboxylic acids is 2. The van der Waals surface area contributed by atoms with E-state index in [0.717, 1.165) is 52.3 Å². The molecule has 0 bridgehead atoms. The van der Waals surface area contributed by atoms with E-state index in [1.165, 1.54) is 12.3 Å². The Labute approximate surface area is 153 Å². The number of nitrogens with zero attached hydrogens (tertiary/aromatic N) is 2. The lowest BCUT2D eigenvalue weighted by Gasteiger charge is -2.26. The normalized spacial score (nSPS) is 20.7. The Hall–Kier alpha value is -2.03. The molecular weight excluding hydrogens is 336 g/mol. The molecule has 2 aliphatic heterocycles. The second-order valence-corrected chi connectivity index (χ2v) is 6.48. The summed E-state index contributed by atoms with van der Waals surface area (Å²) in [6.07, 6.45) is 3.57. The van der Waals surface area contributed by atoms with Gasteiger partial charge < -0.3 is 20.1 Å². The van der Waals surface area contributed by atoms with Gasteiger partial charge >= 0.3 is 0 Å². The quantitative estimate of drug-likeness (QED) is 0.712. The maximum absolute atomic E-state index is 12.3. The molecule has 0 aromatic carbocycles. The van der Waals surface area contributed by atoms with Gasteiger partial charge in [0.2, 0.25) is 0 Å². The highest BCUT2D eigenvalue weighted by molar-refractivity contribution is 5.98. The highest BCUT2D eigenvalue weighted by Gasteiger charge is 2.18. The average Bonchev–Trinajstić information content (AvgIpc) is 3.20. The van der Waals surface area contributed by atoms with Crippen LogP contribution in [-0.4, -0.2) is 80.3 Å². The summed E-state index contributed by atoms with van der Waals surface area (Å²) < 4.78 is 10.8. The van der Waals surface area contributed by atoms with Crippen molar-refractivity contribution in [2.24, 2.45) is 0 Å². The van der Waals surface area contributed by atoms with Crippen molar-refractivity contribution < 1.29 is 19.1 Å². The van der Waals surface area contributed by atoms with Crippen LogP contribution in [0.15, 0.2) is 18.3 Å². The van der Waals surface area contributed by atoms with Crippen LogP contribution in [0.1, 0.15) is 33.7 Å². The highest BCUT2D eigenvalue weighted by Crippen LogP contribution is 2.11. The largest absolute Gasteiger partial charge is 0.379 e. The first-order valence-electron chi connectivity index (χ1n) is 9.16. The Balaban J connectivity index is 1.45. The molecule has 0 spiro atoms. The third-order valence-corrected chi connectivity index (χ3v) is 4.59. The van der Waals surface area contributed by atoms with Gasteiger partial charge in [-0.05, 0) is 25.0 Å². The van der Waals surface area contributed by atoms with Gasteiger partial charge in [0.15, 0.2) is 0 Å². The minimum absolute atomic E-state index is 0.0868. The Bertz CT molecular complexity index is 613. The number of hydrogen-bond donors (Lipinski definition) is 2. The van der Waals surface area contributed by atoms with Crippen LogP contribution in [-0.2, 0) is 9.47 Å². The number of rotatable bonds is 7. The Morgan fingerprint density at radius 1 is 1.19 bits per heavy atom. The third-order valence-electron chi connectivity index (χ3n) is 4.59. The number of carbonyl (C=O) groups is 2. The Morgan fingerprint density at radius 3 is 2.81 bits per heavy atom. The molecule has 0 saturated carbocycles. The summed E-state index contributed by atoms with van der Waals surface area (Å²) in [7, 11) is 0. The van der Waals surface area contributed by atoms with E-state index in [0.29, 0.717) is 18.7 Å². The molecule has 2 aliphatic rings. The zero-order valence-corrected chi connectivity index (χ0v) is 14.9. The van der Waals surface area contributed by atoms with Gasteiger partial charge in [-0.2, -0.15) is 0 Å². The maximum atomic E-state index is 12.3.